The van der Waals surface area contributed by atoms with Crippen LogP contribution < -0.4 is 15.8 Å². The largest absolute Gasteiger partial charge is 0.492 e. The second-order valence-electron chi connectivity index (χ2n) is 4.68. The van der Waals surface area contributed by atoms with E-state index in [1.54, 1.807) is 0 Å². The van der Waals surface area contributed by atoms with Crippen molar-refractivity contribution in [3.63, 3.8) is 0 Å². The van der Waals surface area contributed by atoms with E-state index in [0.717, 1.165) is 18.0 Å². The Bertz CT molecular complexity index is 390. The normalized spacial score (nSPS) is 12.3. The van der Waals surface area contributed by atoms with Crippen LogP contribution in [0, 0.1) is 0 Å². The maximum atomic E-state index is 11.6. The number of amides is 1. The molecular weight excluding hydrogens is 242 g/mol. The SMILES string of the molecule is CCC(N)C(=O)Nc1ccc(OCCN(C)C)cc1. The van der Waals surface area contributed by atoms with E-state index in [9.17, 15) is 4.79 Å². The van der Waals surface area contributed by atoms with E-state index >= 15 is 0 Å². The summed E-state index contributed by atoms with van der Waals surface area (Å²) in [5.41, 5.74) is 6.38. The third-order valence-electron chi connectivity index (χ3n) is 2.71. The molecule has 5 heteroatoms. The van der Waals surface area contributed by atoms with Crippen molar-refractivity contribution in [3.05, 3.63) is 24.3 Å². The summed E-state index contributed by atoms with van der Waals surface area (Å²) in [4.78, 5) is 13.7. The Kier molecular flexibility index (Phi) is 6.32. The smallest absolute Gasteiger partial charge is 0.241 e. The maximum absolute atomic E-state index is 11.6. The van der Waals surface area contributed by atoms with E-state index in [-0.39, 0.29) is 5.91 Å². The van der Waals surface area contributed by atoms with Gasteiger partial charge in [-0.2, -0.15) is 0 Å². The maximum Gasteiger partial charge on any atom is 0.241 e. The number of nitrogens with one attached hydrogen (secondary N) is 1. The molecule has 106 valence electrons. The van der Waals surface area contributed by atoms with Crippen LogP contribution in [0.25, 0.3) is 0 Å². The first-order valence-electron chi connectivity index (χ1n) is 6.47. The monoisotopic (exact) mass is 265 g/mol. The zero-order valence-corrected chi connectivity index (χ0v) is 11.8. The van der Waals surface area contributed by atoms with Gasteiger partial charge in [-0.3, -0.25) is 4.79 Å². The minimum Gasteiger partial charge on any atom is -0.492 e. The highest BCUT2D eigenvalue weighted by atomic mass is 16.5. The fraction of sp³-hybridized carbons (Fsp3) is 0.500. The molecule has 1 aromatic carbocycles. The fourth-order valence-electron chi connectivity index (χ4n) is 1.40. The molecule has 1 unspecified atom stereocenters. The Labute approximate surface area is 114 Å². The van der Waals surface area contributed by atoms with E-state index in [1.807, 2.05) is 45.3 Å². The average molecular weight is 265 g/mol. The molecule has 0 aliphatic rings. The van der Waals surface area contributed by atoms with Crippen LogP contribution in [0.15, 0.2) is 24.3 Å². The highest BCUT2D eigenvalue weighted by Gasteiger charge is 2.10. The first-order valence-corrected chi connectivity index (χ1v) is 6.47. The molecule has 3 N–H and O–H groups in total. The summed E-state index contributed by atoms with van der Waals surface area (Å²) >= 11 is 0. The Morgan fingerprint density at radius 3 is 2.53 bits per heavy atom. The second-order valence-corrected chi connectivity index (χ2v) is 4.68. The molecule has 0 saturated carbocycles. The summed E-state index contributed by atoms with van der Waals surface area (Å²) in [6.07, 6.45) is 0.623. The van der Waals surface area contributed by atoms with Crippen LogP contribution in [0.2, 0.25) is 0 Å². The van der Waals surface area contributed by atoms with Crippen LogP contribution in [0.4, 0.5) is 5.69 Å². The summed E-state index contributed by atoms with van der Waals surface area (Å²) in [6.45, 7) is 3.38. The topological polar surface area (TPSA) is 67.6 Å². The number of anilines is 1. The van der Waals surface area contributed by atoms with Crippen LogP contribution in [-0.4, -0.2) is 44.1 Å². The van der Waals surface area contributed by atoms with Crippen molar-refractivity contribution in [2.24, 2.45) is 5.73 Å². The molecular formula is C14H23N3O2. The van der Waals surface area contributed by atoms with Crippen molar-refractivity contribution >= 4 is 11.6 Å². The van der Waals surface area contributed by atoms with Crippen molar-refractivity contribution in [2.45, 2.75) is 19.4 Å². The van der Waals surface area contributed by atoms with Gasteiger partial charge >= 0.3 is 0 Å². The second kappa shape index (κ2) is 7.76. The Balaban J connectivity index is 2.45. The Morgan fingerprint density at radius 2 is 2.00 bits per heavy atom. The lowest BCUT2D eigenvalue weighted by Crippen LogP contribution is -2.34. The molecule has 0 heterocycles. The van der Waals surface area contributed by atoms with Gasteiger partial charge in [0.2, 0.25) is 5.91 Å². The van der Waals surface area contributed by atoms with E-state index in [0.29, 0.717) is 13.0 Å². The lowest BCUT2D eigenvalue weighted by atomic mass is 10.2. The van der Waals surface area contributed by atoms with E-state index in [2.05, 4.69) is 10.2 Å². The molecule has 1 atom stereocenters. The minimum atomic E-state index is -0.462. The van der Waals surface area contributed by atoms with Crippen LogP contribution in [0.1, 0.15) is 13.3 Å². The average Bonchev–Trinajstić information content (AvgIpc) is 2.39. The number of carbonyl (C=O) groups is 1. The van der Waals surface area contributed by atoms with Gasteiger partial charge in [0.05, 0.1) is 6.04 Å². The first-order chi connectivity index (χ1) is 9.02. The number of benzene rings is 1. The van der Waals surface area contributed by atoms with Crippen molar-refractivity contribution < 1.29 is 9.53 Å². The molecule has 0 aliphatic carbocycles. The zero-order valence-electron chi connectivity index (χ0n) is 11.8. The van der Waals surface area contributed by atoms with Gasteiger partial charge in [-0.25, -0.2) is 0 Å². The van der Waals surface area contributed by atoms with E-state index in [4.69, 9.17) is 10.5 Å². The van der Waals surface area contributed by atoms with Crippen LogP contribution in [0.5, 0.6) is 5.75 Å². The Hall–Kier alpha value is -1.59. The van der Waals surface area contributed by atoms with Crippen LogP contribution >= 0.6 is 0 Å². The lowest BCUT2D eigenvalue weighted by Gasteiger charge is -2.12. The minimum absolute atomic E-state index is 0.163. The van der Waals surface area contributed by atoms with Crippen LogP contribution in [0.3, 0.4) is 0 Å². The van der Waals surface area contributed by atoms with Crippen LogP contribution in [-0.2, 0) is 4.79 Å². The molecule has 1 aromatic rings. The molecule has 1 rings (SSSR count). The molecule has 5 nitrogen and oxygen atoms in total. The van der Waals surface area contributed by atoms with E-state index in [1.165, 1.54) is 0 Å². The van der Waals surface area contributed by atoms with Gasteiger partial charge in [0.25, 0.3) is 0 Å². The fourth-order valence-corrected chi connectivity index (χ4v) is 1.40. The Morgan fingerprint density at radius 1 is 1.37 bits per heavy atom. The molecule has 0 aromatic heterocycles. The van der Waals surface area contributed by atoms with Gasteiger partial charge in [-0.1, -0.05) is 6.92 Å². The van der Waals surface area contributed by atoms with Gasteiger partial charge < -0.3 is 20.7 Å². The molecule has 0 saturated heterocycles. The number of carbonyl (C=O) groups excluding carboxylic acids is 1. The molecule has 19 heavy (non-hydrogen) atoms. The van der Waals surface area contributed by atoms with Crippen molar-refractivity contribution in [2.75, 3.05) is 32.6 Å². The molecule has 0 bridgehead atoms. The number of rotatable bonds is 7. The summed E-state index contributed by atoms with van der Waals surface area (Å²) in [6, 6.07) is 6.83. The number of nitrogens with two attached hydrogens (primary N) is 1. The van der Waals surface area contributed by atoms with Crippen molar-refractivity contribution in [3.8, 4) is 5.75 Å². The lowest BCUT2D eigenvalue weighted by molar-refractivity contribution is -0.117. The van der Waals surface area contributed by atoms with Gasteiger partial charge in [0.15, 0.2) is 0 Å². The summed E-state index contributed by atoms with van der Waals surface area (Å²) in [7, 11) is 4.00. The van der Waals surface area contributed by atoms with E-state index < -0.39 is 6.04 Å². The summed E-state index contributed by atoms with van der Waals surface area (Å²) in [5.74, 6) is 0.628. The molecule has 0 aliphatic heterocycles. The quantitative estimate of drug-likeness (QED) is 0.780. The predicted octanol–water partition coefficient (Wildman–Crippen LogP) is 1.30. The molecule has 0 fully saturated rings. The first kappa shape index (κ1) is 15.5. The van der Waals surface area contributed by atoms with Gasteiger partial charge in [-0.15, -0.1) is 0 Å². The summed E-state index contributed by atoms with van der Waals surface area (Å²) in [5, 5.41) is 2.77. The molecule has 0 radical (unpaired) electrons. The molecule has 1 amide bonds. The zero-order chi connectivity index (χ0) is 14.3. The number of hydrogen-bond donors (Lipinski definition) is 2. The number of ether oxygens (including phenoxy) is 1. The van der Waals surface area contributed by atoms with Crippen molar-refractivity contribution in [1.82, 2.24) is 4.90 Å². The predicted molar refractivity (Wildman–Crippen MR) is 77.4 cm³/mol. The standard InChI is InChI=1S/C14H23N3O2/c1-4-13(15)14(18)16-11-5-7-12(8-6-11)19-10-9-17(2)3/h5-8,13H,4,9-10,15H2,1-3H3,(H,16,18). The highest BCUT2D eigenvalue weighted by molar-refractivity contribution is 5.94. The third-order valence-corrected chi connectivity index (χ3v) is 2.71. The van der Waals surface area contributed by atoms with Gasteiger partial charge in [0.1, 0.15) is 12.4 Å². The van der Waals surface area contributed by atoms with Gasteiger partial charge in [-0.05, 0) is 44.8 Å². The number of nitrogens with zero attached hydrogens (tertiary/aromatic N) is 1. The van der Waals surface area contributed by atoms with Crippen molar-refractivity contribution in [1.29, 1.82) is 0 Å². The summed E-state index contributed by atoms with van der Waals surface area (Å²) < 4.78 is 5.57. The van der Waals surface area contributed by atoms with Gasteiger partial charge in [0, 0.05) is 12.2 Å². The third kappa shape index (κ3) is 5.72. The number of hydrogen-bond acceptors (Lipinski definition) is 4. The number of likely N-dealkylation sites (N-methyl/N-ethyl adjacent to an activating group) is 1. The molecule has 0 spiro atoms. The highest BCUT2D eigenvalue weighted by Crippen LogP contribution is 2.15.